The van der Waals surface area contributed by atoms with E-state index in [2.05, 4.69) is 14.9 Å². The van der Waals surface area contributed by atoms with Gasteiger partial charge in [-0.05, 0) is 44.0 Å². The van der Waals surface area contributed by atoms with Gasteiger partial charge in [0.2, 0.25) is 5.91 Å². The predicted molar refractivity (Wildman–Crippen MR) is 115 cm³/mol. The summed E-state index contributed by atoms with van der Waals surface area (Å²) in [6.45, 7) is 4.75. The lowest BCUT2D eigenvalue weighted by Gasteiger charge is -2.39. The summed E-state index contributed by atoms with van der Waals surface area (Å²) in [5.41, 5.74) is 1.72. The molecule has 10 heteroatoms. The molecule has 2 aromatic rings. The number of hydrogen-bond acceptors (Lipinski definition) is 6. The minimum Gasteiger partial charge on any atom is -0.368 e. The van der Waals surface area contributed by atoms with Gasteiger partial charge in [-0.2, -0.15) is 4.31 Å². The number of piperazine rings is 1. The van der Waals surface area contributed by atoms with Gasteiger partial charge in [0, 0.05) is 50.5 Å². The molecular weight excluding hydrogens is 418 g/mol. The molecule has 166 valence electrons. The average molecular weight is 446 g/mol. The first-order valence-corrected chi connectivity index (χ1v) is 11.9. The summed E-state index contributed by atoms with van der Waals surface area (Å²) in [4.78, 5) is 35.0. The third-order valence-corrected chi connectivity index (χ3v) is 7.85. The zero-order valence-corrected chi connectivity index (χ0v) is 18.3. The molecule has 2 aliphatic rings. The Morgan fingerprint density at radius 2 is 1.77 bits per heavy atom. The molecular formula is C21H27N5O4S. The monoisotopic (exact) mass is 445 g/mol. The second kappa shape index (κ2) is 8.80. The van der Waals surface area contributed by atoms with E-state index in [1.807, 2.05) is 29.2 Å². The SMILES string of the molecule is CC(=O)c1ccc(N2CCN(C(=O)[C@@H]3CCCN(S(=O)(=O)c4cnc[nH]4)C3)CC2)cc1. The van der Waals surface area contributed by atoms with Crippen LogP contribution in [0.15, 0.2) is 41.8 Å². The van der Waals surface area contributed by atoms with E-state index in [0.717, 1.165) is 5.69 Å². The van der Waals surface area contributed by atoms with Crippen molar-refractivity contribution in [1.82, 2.24) is 19.2 Å². The van der Waals surface area contributed by atoms with E-state index >= 15 is 0 Å². The molecule has 1 aromatic carbocycles. The summed E-state index contributed by atoms with van der Waals surface area (Å²) in [6, 6.07) is 7.53. The highest BCUT2D eigenvalue weighted by Crippen LogP contribution is 2.25. The number of benzene rings is 1. The second-order valence-corrected chi connectivity index (χ2v) is 9.94. The van der Waals surface area contributed by atoms with Crippen LogP contribution in [0.25, 0.3) is 0 Å². The molecule has 2 saturated heterocycles. The Kier molecular flexibility index (Phi) is 6.10. The quantitative estimate of drug-likeness (QED) is 0.697. The predicted octanol–water partition coefficient (Wildman–Crippen LogP) is 1.36. The molecule has 4 rings (SSSR count). The van der Waals surface area contributed by atoms with Crippen LogP contribution < -0.4 is 4.90 Å². The molecule has 0 radical (unpaired) electrons. The first-order chi connectivity index (χ1) is 14.9. The molecule has 1 aromatic heterocycles. The van der Waals surface area contributed by atoms with Gasteiger partial charge in [-0.25, -0.2) is 13.4 Å². The molecule has 1 atom stereocenters. The number of Topliss-reactive ketones (excluding diaryl/α,β-unsaturated/α-hetero) is 1. The summed E-state index contributed by atoms with van der Waals surface area (Å²) >= 11 is 0. The van der Waals surface area contributed by atoms with Gasteiger partial charge >= 0.3 is 0 Å². The van der Waals surface area contributed by atoms with Crippen LogP contribution in [0.2, 0.25) is 0 Å². The van der Waals surface area contributed by atoms with Crippen LogP contribution in [-0.4, -0.2) is 78.5 Å². The normalized spacial score (nSPS) is 20.6. The van der Waals surface area contributed by atoms with E-state index in [4.69, 9.17) is 0 Å². The Labute approximate surface area is 182 Å². The van der Waals surface area contributed by atoms with Crippen molar-refractivity contribution >= 4 is 27.4 Å². The van der Waals surface area contributed by atoms with E-state index in [-0.39, 0.29) is 29.2 Å². The van der Waals surface area contributed by atoms with Crippen molar-refractivity contribution in [2.24, 2.45) is 5.92 Å². The van der Waals surface area contributed by atoms with Crippen LogP contribution in [0.3, 0.4) is 0 Å². The molecule has 3 heterocycles. The molecule has 0 unspecified atom stereocenters. The van der Waals surface area contributed by atoms with Crippen LogP contribution in [0, 0.1) is 5.92 Å². The zero-order valence-electron chi connectivity index (χ0n) is 17.5. The van der Waals surface area contributed by atoms with Gasteiger partial charge in [0.15, 0.2) is 10.8 Å². The number of carbonyl (C=O) groups is 2. The van der Waals surface area contributed by atoms with Crippen molar-refractivity contribution in [3.63, 3.8) is 0 Å². The number of nitrogens with one attached hydrogen (secondary N) is 1. The van der Waals surface area contributed by atoms with Crippen LogP contribution in [0.5, 0.6) is 0 Å². The second-order valence-electron chi connectivity index (χ2n) is 8.03. The molecule has 0 bridgehead atoms. The first kappa shape index (κ1) is 21.5. The number of anilines is 1. The van der Waals surface area contributed by atoms with Crippen molar-refractivity contribution in [2.75, 3.05) is 44.2 Å². The third-order valence-electron chi connectivity index (χ3n) is 6.05. The zero-order chi connectivity index (χ0) is 22.0. The molecule has 31 heavy (non-hydrogen) atoms. The summed E-state index contributed by atoms with van der Waals surface area (Å²) < 4.78 is 26.9. The number of piperidine rings is 1. The standard InChI is InChI=1S/C21H27N5O4S/c1-16(27)17-4-6-19(7-5-17)24-9-11-25(12-10-24)21(28)18-3-2-8-26(14-18)31(29,30)20-13-22-15-23-20/h4-7,13,15,18H,2-3,8-12,14H2,1H3,(H,22,23)/t18-/m1/s1. The van der Waals surface area contributed by atoms with Crippen molar-refractivity contribution in [2.45, 2.75) is 24.8 Å². The molecule has 2 fully saturated rings. The number of sulfonamides is 1. The van der Waals surface area contributed by atoms with Gasteiger partial charge in [0.25, 0.3) is 10.0 Å². The number of aromatic amines is 1. The number of rotatable bonds is 5. The highest BCUT2D eigenvalue weighted by molar-refractivity contribution is 7.89. The lowest BCUT2D eigenvalue weighted by Crippen LogP contribution is -2.53. The maximum absolute atomic E-state index is 13.1. The fourth-order valence-corrected chi connectivity index (χ4v) is 5.66. The third kappa shape index (κ3) is 4.49. The topological polar surface area (TPSA) is 107 Å². The number of imidazole rings is 1. The van der Waals surface area contributed by atoms with E-state index in [1.165, 1.54) is 16.8 Å². The van der Waals surface area contributed by atoms with E-state index in [9.17, 15) is 18.0 Å². The van der Waals surface area contributed by atoms with Crippen LogP contribution in [0.1, 0.15) is 30.1 Å². The van der Waals surface area contributed by atoms with Crippen molar-refractivity contribution in [3.8, 4) is 0 Å². The molecule has 1 amide bonds. The summed E-state index contributed by atoms with van der Waals surface area (Å²) in [7, 11) is -3.66. The highest BCUT2D eigenvalue weighted by Gasteiger charge is 2.36. The maximum Gasteiger partial charge on any atom is 0.260 e. The first-order valence-electron chi connectivity index (χ1n) is 10.5. The minimum atomic E-state index is -3.66. The van der Waals surface area contributed by atoms with Crippen molar-refractivity contribution in [3.05, 3.63) is 42.4 Å². The van der Waals surface area contributed by atoms with E-state index < -0.39 is 10.0 Å². The summed E-state index contributed by atoms with van der Waals surface area (Å²) in [6.07, 6.45) is 3.99. The van der Waals surface area contributed by atoms with E-state index in [1.54, 1.807) is 6.92 Å². The highest BCUT2D eigenvalue weighted by atomic mass is 32.2. The molecule has 0 spiro atoms. The van der Waals surface area contributed by atoms with Gasteiger partial charge < -0.3 is 14.8 Å². The van der Waals surface area contributed by atoms with Crippen molar-refractivity contribution in [1.29, 1.82) is 0 Å². The number of ketones is 1. The number of amides is 1. The number of hydrogen-bond donors (Lipinski definition) is 1. The Morgan fingerprint density at radius 1 is 1.06 bits per heavy atom. The van der Waals surface area contributed by atoms with Gasteiger partial charge in [-0.3, -0.25) is 9.59 Å². The molecule has 0 saturated carbocycles. The van der Waals surface area contributed by atoms with Gasteiger partial charge in [0.05, 0.1) is 18.4 Å². The molecule has 9 nitrogen and oxygen atoms in total. The van der Waals surface area contributed by atoms with Crippen molar-refractivity contribution < 1.29 is 18.0 Å². The Morgan fingerprint density at radius 3 is 2.39 bits per heavy atom. The van der Waals surface area contributed by atoms with Gasteiger partial charge in [0.1, 0.15) is 0 Å². The number of aromatic nitrogens is 2. The van der Waals surface area contributed by atoms with Gasteiger partial charge in [-0.1, -0.05) is 0 Å². The smallest absolute Gasteiger partial charge is 0.260 e. The Balaban J connectivity index is 1.35. The lowest BCUT2D eigenvalue weighted by molar-refractivity contribution is -0.137. The number of nitrogens with zero attached hydrogens (tertiary/aromatic N) is 4. The van der Waals surface area contributed by atoms with Crippen LogP contribution >= 0.6 is 0 Å². The largest absolute Gasteiger partial charge is 0.368 e. The Bertz CT molecular complexity index is 1030. The fraction of sp³-hybridized carbons (Fsp3) is 0.476. The molecule has 2 aliphatic heterocycles. The molecule has 1 N–H and O–H groups in total. The summed E-state index contributed by atoms with van der Waals surface area (Å²) in [5.74, 6) is -0.262. The minimum absolute atomic E-state index is 0.0242. The van der Waals surface area contributed by atoms with E-state index in [0.29, 0.717) is 51.1 Å². The fourth-order valence-electron chi connectivity index (χ4n) is 4.24. The molecule has 0 aliphatic carbocycles. The van der Waals surface area contributed by atoms with Crippen LogP contribution in [-0.2, 0) is 14.8 Å². The van der Waals surface area contributed by atoms with Crippen LogP contribution in [0.4, 0.5) is 5.69 Å². The maximum atomic E-state index is 13.1. The Hall–Kier alpha value is -2.72. The van der Waals surface area contributed by atoms with Gasteiger partial charge in [-0.15, -0.1) is 0 Å². The number of H-pyrrole nitrogens is 1. The lowest BCUT2D eigenvalue weighted by atomic mass is 9.97. The average Bonchev–Trinajstić information content (AvgIpc) is 3.35. The number of carbonyl (C=O) groups excluding carboxylic acids is 2. The summed E-state index contributed by atoms with van der Waals surface area (Å²) in [5, 5.41) is 0.0602.